The van der Waals surface area contributed by atoms with E-state index in [4.69, 9.17) is 5.73 Å². The molecule has 0 aliphatic heterocycles. The van der Waals surface area contributed by atoms with E-state index in [-0.39, 0.29) is 0 Å². The molecule has 1 unspecified atom stereocenters. The molecule has 0 bridgehead atoms. The van der Waals surface area contributed by atoms with Crippen LogP contribution in [0.3, 0.4) is 0 Å². The van der Waals surface area contributed by atoms with E-state index in [2.05, 4.69) is 45.7 Å². The van der Waals surface area contributed by atoms with Crippen LogP contribution in [0.25, 0.3) is 5.57 Å². The SMILES string of the molecule is C=C(c1cccc(N)c1C)C(CCC)NC(C)C. The van der Waals surface area contributed by atoms with Gasteiger partial charge in [0.25, 0.3) is 0 Å². The van der Waals surface area contributed by atoms with Crippen molar-refractivity contribution in [1.82, 2.24) is 5.32 Å². The maximum atomic E-state index is 5.97. The molecule has 0 heterocycles. The minimum absolute atomic E-state index is 0.329. The largest absolute Gasteiger partial charge is 0.398 e. The molecule has 100 valence electrons. The van der Waals surface area contributed by atoms with Gasteiger partial charge in [-0.15, -0.1) is 0 Å². The van der Waals surface area contributed by atoms with Crippen molar-refractivity contribution in [2.75, 3.05) is 5.73 Å². The minimum Gasteiger partial charge on any atom is -0.398 e. The maximum Gasteiger partial charge on any atom is 0.0349 e. The number of nitrogen functional groups attached to an aromatic ring is 1. The molecule has 1 rings (SSSR count). The van der Waals surface area contributed by atoms with Gasteiger partial charge >= 0.3 is 0 Å². The molecule has 0 saturated heterocycles. The van der Waals surface area contributed by atoms with Gasteiger partial charge < -0.3 is 11.1 Å². The fourth-order valence-electron chi connectivity index (χ4n) is 2.24. The molecule has 2 heteroatoms. The highest BCUT2D eigenvalue weighted by Crippen LogP contribution is 2.26. The second kappa shape index (κ2) is 6.60. The molecule has 1 atom stereocenters. The Balaban J connectivity index is 2.98. The van der Waals surface area contributed by atoms with Crippen molar-refractivity contribution in [3.63, 3.8) is 0 Å². The lowest BCUT2D eigenvalue weighted by Gasteiger charge is -2.24. The summed E-state index contributed by atoms with van der Waals surface area (Å²) in [6, 6.07) is 6.84. The van der Waals surface area contributed by atoms with Crippen LogP contribution >= 0.6 is 0 Å². The molecule has 0 aliphatic carbocycles. The molecule has 0 amide bonds. The Hall–Kier alpha value is -1.28. The number of nitrogens with two attached hydrogens (primary N) is 1. The van der Waals surface area contributed by atoms with Crippen LogP contribution in [0.5, 0.6) is 0 Å². The van der Waals surface area contributed by atoms with Crippen molar-refractivity contribution < 1.29 is 0 Å². The predicted octanol–water partition coefficient (Wildman–Crippen LogP) is 3.76. The molecule has 0 aromatic heterocycles. The molecule has 0 fully saturated rings. The fraction of sp³-hybridized carbons (Fsp3) is 0.500. The summed E-state index contributed by atoms with van der Waals surface area (Å²) in [5.41, 5.74) is 10.3. The van der Waals surface area contributed by atoms with E-state index in [1.165, 1.54) is 5.56 Å². The molecule has 0 saturated carbocycles. The monoisotopic (exact) mass is 246 g/mol. The summed E-state index contributed by atoms with van der Waals surface area (Å²) in [5, 5.41) is 3.59. The van der Waals surface area contributed by atoms with Gasteiger partial charge in [0, 0.05) is 17.8 Å². The lowest BCUT2D eigenvalue weighted by molar-refractivity contribution is 0.504. The Morgan fingerprint density at radius 2 is 2.06 bits per heavy atom. The third-order valence-corrected chi connectivity index (χ3v) is 3.25. The van der Waals surface area contributed by atoms with Crippen molar-refractivity contribution in [1.29, 1.82) is 0 Å². The van der Waals surface area contributed by atoms with Gasteiger partial charge in [-0.3, -0.25) is 0 Å². The third kappa shape index (κ3) is 3.61. The predicted molar refractivity (Wildman–Crippen MR) is 81.6 cm³/mol. The minimum atomic E-state index is 0.329. The van der Waals surface area contributed by atoms with Gasteiger partial charge in [0.05, 0.1) is 0 Å². The smallest absolute Gasteiger partial charge is 0.0349 e. The average Bonchev–Trinajstić information content (AvgIpc) is 2.31. The summed E-state index contributed by atoms with van der Waals surface area (Å²) in [7, 11) is 0. The van der Waals surface area contributed by atoms with E-state index in [0.717, 1.165) is 29.7 Å². The number of nitrogens with one attached hydrogen (secondary N) is 1. The van der Waals surface area contributed by atoms with Crippen LogP contribution in [0, 0.1) is 6.92 Å². The summed E-state index contributed by atoms with van der Waals surface area (Å²) < 4.78 is 0. The van der Waals surface area contributed by atoms with Crippen LogP contribution < -0.4 is 11.1 Å². The van der Waals surface area contributed by atoms with Crippen molar-refractivity contribution >= 4 is 11.3 Å². The number of hydrogen-bond acceptors (Lipinski definition) is 2. The van der Waals surface area contributed by atoms with E-state index < -0.39 is 0 Å². The highest BCUT2D eigenvalue weighted by molar-refractivity contribution is 5.73. The van der Waals surface area contributed by atoms with Crippen molar-refractivity contribution in [3.8, 4) is 0 Å². The molecular formula is C16H26N2. The Bertz CT molecular complexity index is 408. The van der Waals surface area contributed by atoms with Crippen molar-refractivity contribution in [3.05, 3.63) is 35.9 Å². The second-order valence-electron chi connectivity index (χ2n) is 5.21. The molecule has 0 spiro atoms. The van der Waals surface area contributed by atoms with E-state index in [0.29, 0.717) is 12.1 Å². The van der Waals surface area contributed by atoms with Crippen LogP contribution in [-0.4, -0.2) is 12.1 Å². The first kappa shape index (κ1) is 14.8. The van der Waals surface area contributed by atoms with Gasteiger partial charge in [0.2, 0.25) is 0 Å². The van der Waals surface area contributed by atoms with Crippen LogP contribution in [0.15, 0.2) is 24.8 Å². The summed E-state index contributed by atoms with van der Waals surface area (Å²) >= 11 is 0. The lowest BCUT2D eigenvalue weighted by Crippen LogP contribution is -2.35. The molecule has 1 aromatic carbocycles. The normalized spacial score (nSPS) is 12.7. The molecule has 3 N–H and O–H groups in total. The Morgan fingerprint density at radius 3 is 2.61 bits per heavy atom. The zero-order chi connectivity index (χ0) is 13.7. The number of anilines is 1. The number of benzene rings is 1. The van der Waals surface area contributed by atoms with Crippen molar-refractivity contribution in [2.45, 2.75) is 52.6 Å². The van der Waals surface area contributed by atoms with Gasteiger partial charge in [-0.2, -0.15) is 0 Å². The Kier molecular flexibility index (Phi) is 5.42. The van der Waals surface area contributed by atoms with Crippen molar-refractivity contribution in [2.24, 2.45) is 0 Å². The van der Waals surface area contributed by atoms with Gasteiger partial charge in [-0.25, -0.2) is 0 Å². The first-order valence-corrected chi connectivity index (χ1v) is 6.77. The molecule has 2 nitrogen and oxygen atoms in total. The average molecular weight is 246 g/mol. The molecule has 0 aliphatic rings. The molecule has 18 heavy (non-hydrogen) atoms. The van der Waals surface area contributed by atoms with Crippen LogP contribution in [-0.2, 0) is 0 Å². The lowest BCUT2D eigenvalue weighted by atomic mass is 9.92. The second-order valence-corrected chi connectivity index (χ2v) is 5.21. The summed E-state index contributed by atoms with van der Waals surface area (Å²) in [6.07, 6.45) is 2.25. The molecular weight excluding hydrogens is 220 g/mol. The first-order chi connectivity index (χ1) is 8.47. The number of rotatable bonds is 6. The zero-order valence-electron chi connectivity index (χ0n) is 12.1. The van der Waals surface area contributed by atoms with Gasteiger partial charge in [-0.05, 0) is 36.1 Å². The van der Waals surface area contributed by atoms with E-state index in [9.17, 15) is 0 Å². The Labute approximate surface area is 111 Å². The van der Waals surface area contributed by atoms with Gasteiger partial charge in [0.1, 0.15) is 0 Å². The highest BCUT2D eigenvalue weighted by atomic mass is 14.9. The van der Waals surface area contributed by atoms with Gasteiger partial charge in [0.15, 0.2) is 0 Å². The van der Waals surface area contributed by atoms with Crippen LogP contribution in [0.4, 0.5) is 5.69 Å². The first-order valence-electron chi connectivity index (χ1n) is 6.77. The quantitative estimate of drug-likeness (QED) is 0.750. The van der Waals surface area contributed by atoms with E-state index in [1.54, 1.807) is 0 Å². The maximum absolute atomic E-state index is 5.97. The molecule has 0 radical (unpaired) electrons. The van der Waals surface area contributed by atoms with Gasteiger partial charge in [-0.1, -0.05) is 45.9 Å². The van der Waals surface area contributed by atoms with Crippen LogP contribution in [0.2, 0.25) is 0 Å². The third-order valence-electron chi connectivity index (χ3n) is 3.25. The summed E-state index contributed by atoms with van der Waals surface area (Å²) in [4.78, 5) is 0. The van der Waals surface area contributed by atoms with Crippen LogP contribution in [0.1, 0.15) is 44.7 Å². The summed E-state index contributed by atoms with van der Waals surface area (Å²) in [5.74, 6) is 0. The Morgan fingerprint density at radius 1 is 1.39 bits per heavy atom. The zero-order valence-corrected chi connectivity index (χ0v) is 12.1. The topological polar surface area (TPSA) is 38.0 Å². The summed E-state index contributed by atoms with van der Waals surface area (Å²) in [6.45, 7) is 12.9. The fourth-order valence-corrected chi connectivity index (χ4v) is 2.24. The highest BCUT2D eigenvalue weighted by Gasteiger charge is 2.16. The number of hydrogen-bond donors (Lipinski definition) is 2. The standard InChI is InChI=1S/C16H26N2/c1-6-8-16(18-11(2)3)13(5)14-9-7-10-15(17)12(14)4/h7,9-11,16,18H,5-6,8,17H2,1-4H3. The van der Waals surface area contributed by atoms with E-state index >= 15 is 0 Å². The molecule has 1 aromatic rings. The van der Waals surface area contributed by atoms with E-state index in [1.807, 2.05) is 12.1 Å².